The zero-order valence-corrected chi connectivity index (χ0v) is 13.5. The maximum absolute atomic E-state index is 5.36. The Kier molecular flexibility index (Phi) is 4.93. The van der Waals surface area contributed by atoms with E-state index in [0.717, 1.165) is 34.2 Å². The molecule has 0 fully saturated rings. The predicted octanol–water partition coefficient (Wildman–Crippen LogP) is 2.95. The second kappa shape index (κ2) is 6.89. The van der Waals surface area contributed by atoms with E-state index in [1.54, 1.807) is 14.2 Å². The van der Waals surface area contributed by atoms with Crippen molar-refractivity contribution in [2.45, 2.75) is 20.8 Å². The van der Waals surface area contributed by atoms with Crippen LogP contribution < -0.4 is 14.9 Å². The van der Waals surface area contributed by atoms with Crippen LogP contribution in [0.2, 0.25) is 0 Å². The van der Waals surface area contributed by atoms with Crippen LogP contribution in [0.4, 0.5) is 5.95 Å². The van der Waals surface area contributed by atoms with Crippen molar-refractivity contribution in [1.29, 1.82) is 0 Å². The summed E-state index contributed by atoms with van der Waals surface area (Å²) in [6, 6.07) is 7.48. The van der Waals surface area contributed by atoms with Crippen LogP contribution in [0.1, 0.15) is 23.9 Å². The third kappa shape index (κ3) is 3.72. The largest absolute Gasteiger partial charge is 0.497 e. The van der Waals surface area contributed by atoms with Crippen LogP contribution >= 0.6 is 0 Å². The van der Waals surface area contributed by atoms with E-state index in [4.69, 9.17) is 9.47 Å². The molecule has 0 aliphatic rings. The van der Waals surface area contributed by atoms with Crippen LogP contribution in [0, 0.1) is 13.8 Å². The highest BCUT2D eigenvalue weighted by Gasteiger charge is 2.08. The van der Waals surface area contributed by atoms with Gasteiger partial charge in [0.25, 0.3) is 0 Å². The zero-order chi connectivity index (χ0) is 16.1. The number of aromatic nitrogens is 2. The Morgan fingerprint density at radius 3 is 2.32 bits per heavy atom. The number of rotatable bonds is 5. The lowest BCUT2D eigenvalue weighted by atomic mass is 10.1. The summed E-state index contributed by atoms with van der Waals surface area (Å²) in [4.78, 5) is 8.58. The topological polar surface area (TPSA) is 68.6 Å². The Labute approximate surface area is 130 Å². The molecule has 0 saturated carbocycles. The average Bonchev–Trinajstić information content (AvgIpc) is 2.51. The number of hydrazone groups is 1. The highest BCUT2D eigenvalue weighted by Crippen LogP contribution is 2.24. The zero-order valence-electron chi connectivity index (χ0n) is 13.5. The second-order valence-corrected chi connectivity index (χ2v) is 4.85. The van der Waals surface area contributed by atoms with Gasteiger partial charge < -0.3 is 9.47 Å². The Morgan fingerprint density at radius 1 is 1.05 bits per heavy atom. The van der Waals surface area contributed by atoms with Gasteiger partial charge in [-0.25, -0.2) is 15.4 Å². The van der Waals surface area contributed by atoms with E-state index in [1.807, 2.05) is 45.0 Å². The van der Waals surface area contributed by atoms with Gasteiger partial charge in [-0.15, -0.1) is 0 Å². The van der Waals surface area contributed by atoms with Crippen molar-refractivity contribution < 1.29 is 9.47 Å². The van der Waals surface area contributed by atoms with E-state index in [1.165, 1.54) is 0 Å². The first kappa shape index (κ1) is 15.8. The van der Waals surface area contributed by atoms with Crippen molar-refractivity contribution in [3.8, 4) is 11.5 Å². The van der Waals surface area contributed by atoms with Gasteiger partial charge >= 0.3 is 0 Å². The molecular formula is C16H20N4O2. The molecule has 6 nitrogen and oxygen atoms in total. The van der Waals surface area contributed by atoms with Gasteiger partial charge in [0.2, 0.25) is 5.95 Å². The number of anilines is 1. The average molecular weight is 300 g/mol. The van der Waals surface area contributed by atoms with E-state index in [-0.39, 0.29) is 0 Å². The summed E-state index contributed by atoms with van der Waals surface area (Å²) in [5, 5.41) is 4.34. The summed E-state index contributed by atoms with van der Waals surface area (Å²) >= 11 is 0. The van der Waals surface area contributed by atoms with Crippen LogP contribution in [0.3, 0.4) is 0 Å². The summed E-state index contributed by atoms with van der Waals surface area (Å²) in [7, 11) is 3.25. The molecule has 0 atom stereocenters. The molecule has 0 aliphatic carbocycles. The number of hydrogen-bond donors (Lipinski definition) is 1. The SMILES string of the molecule is COc1ccc(OC)c(/C(C)=N\Nc2nc(C)cc(C)n2)c1. The highest BCUT2D eigenvalue weighted by molar-refractivity contribution is 6.01. The number of ether oxygens (including phenoxy) is 2. The smallest absolute Gasteiger partial charge is 0.243 e. The monoisotopic (exact) mass is 300 g/mol. The normalized spacial score (nSPS) is 11.2. The number of aryl methyl sites for hydroxylation is 2. The molecule has 22 heavy (non-hydrogen) atoms. The molecule has 0 saturated heterocycles. The maximum Gasteiger partial charge on any atom is 0.243 e. The Bertz CT molecular complexity index is 678. The Balaban J connectivity index is 2.28. The van der Waals surface area contributed by atoms with Gasteiger partial charge in [-0.3, -0.25) is 0 Å². The minimum absolute atomic E-state index is 0.471. The predicted molar refractivity (Wildman–Crippen MR) is 86.9 cm³/mol. The van der Waals surface area contributed by atoms with Gasteiger partial charge in [0.05, 0.1) is 19.9 Å². The molecule has 116 valence electrons. The molecule has 6 heteroatoms. The first-order valence-corrected chi connectivity index (χ1v) is 6.88. The van der Waals surface area contributed by atoms with Crippen LogP contribution in [0.15, 0.2) is 29.4 Å². The minimum Gasteiger partial charge on any atom is -0.497 e. The number of hydrogen-bond acceptors (Lipinski definition) is 6. The van der Waals surface area contributed by atoms with Gasteiger partial charge in [0.1, 0.15) is 11.5 Å². The first-order chi connectivity index (χ1) is 10.5. The minimum atomic E-state index is 0.471. The van der Waals surface area contributed by atoms with E-state index in [0.29, 0.717) is 5.95 Å². The molecular weight excluding hydrogens is 280 g/mol. The van der Waals surface area contributed by atoms with Crippen molar-refractivity contribution in [2.24, 2.45) is 5.10 Å². The fourth-order valence-electron chi connectivity index (χ4n) is 2.07. The van der Waals surface area contributed by atoms with Gasteiger partial charge in [0.15, 0.2) is 0 Å². The molecule has 1 heterocycles. The van der Waals surface area contributed by atoms with Gasteiger partial charge in [-0.05, 0) is 45.0 Å². The molecule has 0 spiro atoms. The molecule has 0 unspecified atom stereocenters. The fourth-order valence-corrected chi connectivity index (χ4v) is 2.07. The van der Waals surface area contributed by atoms with Crippen molar-refractivity contribution in [3.63, 3.8) is 0 Å². The van der Waals surface area contributed by atoms with Crippen LogP contribution in [0.25, 0.3) is 0 Å². The Hall–Kier alpha value is -2.63. The second-order valence-electron chi connectivity index (χ2n) is 4.85. The van der Waals surface area contributed by atoms with E-state index in [2.05, 4.69) is 20.5 Å². The summed E-state index contributed by atoms with van der Waals surface area (Å²) in [5.41, 5.74) is 6.26. The third-order valence-corrected chi connectivity index (χ3v) is 3.10. The molecule has 0 amide bonds. The summed E-state index contributed by atoms with van der Waals surface area (Å²) in [6.45, 7) is 5.72. The van der Waals surface area contributed by atoms with Crippen molar-refractivity contribution in [2.75, 3.05) is 19.6 Å². The van der Waals surface area contributed by atoms with E-state index < -0.39 is 0 Å². The lowest BCUT2D eigenvalue weighted by molar-refractivity contribution is 0.402. The van der Waals surface area contributed by atoms with Gasteiger partial charge in [-0.2, -0.15) is 5.10 Å². The van der Waals surface area contributed by atoms with Crippen LogP contribution in [-0.2, 0) is 0 Å². The van der Waals surface area contributed by atoms with Crippen LogP contribution in [-0.4, -0.2) is 29.9 Å². The van der Waals surface area contributed by atoms with Gasteiger partial charge in [0, 0.05) is 17.0 Å². The summed E-state index contributed by atoms with van der Waals surface area (Å²) < 4.78 is 10.6. The summed E-state index contributed by atoms with van der Waals surface area (Å²) in [5.74, 6) is 1.94. The molecule has 2 aromatic rings. The van der Waals surface area contributed by atoms with E-state index >= 15 is 0 Å². The summed E-state index contributed by atoms with van der Waals surface area (Å²) in [6.07, 6.45) is 0. The number of methoxy groups -OCH3 is 2. The molecule has 2 rings (SSSR count). The van der Waals surface area contributed by atoms with Crippen molar-refractivity contribution in [3.05, 3.63) is 41.2 Å². The first-order valence-electron chi connectivity index (χ1n) is 6.88. The third-order valence-electron chi connectivity index (χ3n) is 3.10. The van der Waals surface area contributed by atoms with Crippen molar-refractivity contribution >= 4 is 11.7 Å². The molecule has 1 aromatic carbocycles. The number of benzene rings is 1. The lowest BCUT2D eigenvalue weighted by Crippen LogP contribution is -2.05. The standard InChI is InChI=1S/C16H20N4O2/c1-10-8-11(2)18-16(17-10)20-19-12(3)14-9-13(21-4)6-7-15(14)22-5/h6-9H,1-5H3,(H,17,18,20)/b19-12-. The van der Waals surface area contributed by atoms with Gasteiger partial charge in [-0.1, -0.05) is 0 Å². The van der Waals surface area contributed by atoms with E-state index in [9.17, 15) is 0 Å². The highest BCUT2D eigenvalue weighted by atomic mass is 16.5. The van der Waals surface area contributed by atoms with Crippen molar-refractivity contribution in [1.82, 2.24) is 9.97 Å². The maximum atomic E-state index is 5.36. The molecule has 0 radical (unpaired) electrons. The number of nitrogens with zero attached hydrogens (tertiary/aromatic N) is 3. The molecule has 1 aromatic heterocycles. The lowest BCUT2D eigenvalue weighted by Gasteiger charge is -2.10. The number of nitrogens with one attached hydrogen (secondary N) is 1. The molecule has 0 bridgehead atoms. The fraction of sp³-hybridized carbons (Fsp3) is 0.312. The quantitative estimate of drug-likeness (QED) is 0.679. The molecule has 1 N–H and O–H groups in total. The Morgan fingerprint density at radius 2 is 1.73 bits per heavy atom. The van der Waals surface area contributed by atoms with Crippen LogP contribution in [0.5, 0.6) is 11.5 Å². The molecule has 0 aliphatic heterocycles.